The maximum atomic E-state index is 9.00. The molecule has 54 valence electrons. The van der Waals surface area contributed by atoms with Gasteiger partial charge in [0.2, 0.25) is 0 Å². The summed E-state index contributed by atoms with van der Waals surface area (Å²) in [5.74, 6) is 0. The highest BCUT2D eigenvalue weighted by atomic mass is 16.5. The number of carbonyl (C=O) groups is 1. The van der Waals surface area contributed by atoms with E-state index in [-0.39, 0.29) is 0 Å². The molecule has 5 heteroatoms. The third-order valence-electron chi connectivity index (χ3n) is 0.211. The van der Waals surface area contributed by atoms with Crippen LogP contribution >= 0.6 is 0 Å². The van der Waals surface area contributed by atoms with Gasteiger partial charge >= 0.3 is 6.03 Å². The van der Waals surface area contributed by atoms with Crippen molar-refractivity contribution >= 4 is 6.03 Å². The number of aliphatic hydroxyl groups is 2. The van der Waals surface area contributed by atoms with E-state index in [9.17, 15) is 0 Å². The molecular weight excluding hydrogens is 124 g/mol. The Morgan fingerprint density at radius 2 is 1.67 bits per heavy atom. The number of aliphatic hydroxyl groups excluding tert-OH is 1. The summed E-state index contributed by atoms with van der Waals surface area (Å²) in [6.07, 6.45) is -0.324. The smallest absolute Gasteiger partial charge is 0.309 e. The lowest BCUT2D eigenvalue weighted by Crippen LogP contribution is -2.18. The standard InChI is InChI=1S/C3H6O2.CH4N2O/c1-2-3(4)5;2-1(3)4/h2-5H,1H2;(H4,2,3,4). The molecule has 0 aliphatic rings. The molecule has 9 heavy (non-hydrogen) atoms. The highest BCUT2D eigenvalue weighted by molar-refractivity contribution is 5.69. The Hall–Kier alpha value is -1.07. The van der Waals surface area contributed by atoms with E-state index in [1.807, 2.05) is 0 Å². The molecule has 0 spiro atoms. The van der Waals surface area contributed by atoms with Gasteiger partial charge in [-0.2, -0.15) is 0 Å². The Balaban J connectivity index is 0. The molecule has 0 saturated heterocycles. The molecule has 0 aromatic carbocycles. The van der Waals surface area contributed by atoms with Gasteiger partial charge in [0.1, 0.15) is 0 Å². The normalized spacial score (nSPS) is 7.44. The highest BCUT2D eigenvalue weighted by Crippen LogP contribution is 1.67. The first kappa shape index (κ1) is 10.8. The summed E-state index contributed by atoms with van der Waals surface area (Å²) in [5.41, 5.74) is 8.50. The first-order valence-corrected chi connectivity index (χ1v) is 2.04. The van der Waals surface area contributed by atoms with Gasteiger partial charge in [0.05, 0.1) is 0 Å². The molecule has 6 N–H and O–H groups in total. The number of amides is 2. The summed E-state index contributed by atoms with van der Waals surface area (Å²) < 4.78 is 0. The Labute approximate surface area is 52.6 Å². The molecule has 0 fully saturated rings. The second kappa shape index (κ2) is 6.93. The molecule has 5 nitrogen and oxygen atoms in total. The summed E-state index contributed by atoms with van der Waals surface area (Å²) in [7, 11) is 0. The Morgan fingerprint density at radius 3 is 1.67 bits per heavy atom. The van der Waals surface area contributed by atoms with Crippen LogP contribution in [0.15, 0.2) is 12.7 Å². The lowest BCUT2D eigenvalue weighted by atomic mass is 10.6. The maximum absolute atomic E-state index is 9.00. The molecule has 0 saturated carbocycles. The number of primary amides is 2. The molecule has 0 aliphatic heterocycles. The lowest BCUT2D eigenvalue weighted by molar-refractivity contribution is 0.00266. The Bertz CT molecular complexity index is 87.8. The number of rotatable bonds is 1. The first-order chi connectivity index (χ1) is 4.00. The predicted molar refractivity (Wildman–Crippen MR) is 32.2 cm³/mol. The summed E-state index contributed by atoms with van der Waals surface area (Å²) in [5, 5.41) is 15.6. The van der Waals surface area contributed by atoms with E-state index < -0.39 is 12.3 Å². The molecule has 0 aromatic heterocycles. The van der Waals surface area contributed by atoms with Crippen molar-refractivity contribution in [2.24, 2.45) is 11.5 Å². The third-order valence-corrected chi connectivity index (χ3v) is 0.211. The SMILES string of the molecule is C=CC(O)O.NC(N)=O. The van der Waals surface area contributed by atoms with Crippen LogP contribution in [0.2, 0.25) is 0 Å². The largest absolute Gasteiger partial charge is 0.365 e. The number of carbonyl (C=O) groups excluding carboxylic acids is 1. The summed E-state index contributed by atoms with van der Waals surface area (Å²) in [6.45, 7) is 3.06. The van der Waals surface area contributed by atoms with Gasteiger partial charge in [0.25, 0.3) is 0 Å². The van der Waals surface area contributed by atoms with E-state index in [2.05, 4.69) is 18.0 Å². The van der Waals surface area contributed by atoms with Crippen molar-refractivity contribution in [2.75, 3.05) is 0 Å². The molecule has 0 heterocycles. The summed E-state index contributed by atoms with van der Waals surface area (Å²) in [6, 6.07) is -0.833. The minimum absolute atomic E-state index is 0.833. The van der Waals surface area contributed by atoms with Crippen molar-refractivity contribution in [2.45, 2.75) is 6.29 Å². The van der Waals surface area contributed by atoms with Gasteiger partial charge in [0, 0.05) is 0 Å². The van der Waals surface area contributed by atoms with Crippen molar-refractivity contribution in [3.8, 4) is 0 Å². The zero-order valence-electron chi connectivity index (χ0n) is 4.82. The van der Waals surface area contributed by atoms with Crippen LogP contribution in [0.5, 0.6) is 0 Å². The van der Waals surface area contributed by atoms with Crippen LogP contribution in [-0.2, 0) is 0 Å². The predicted octanol–water partition coefficient (Wildman–Crippen LogP) is -1.49. The van der Waals surface area contributed by atoms with Gasteiger partial charge in [0.15, 0.2) is 6.29 Å². The van der Waals surface area contributed by atoms with Crippen LogP contribution < -0.4 is 11.5 Å². The van der Waals surface area contributed by atoms with E-state index >= 15 is 0 Å². The van der Waals surface area contributed by atoms with Crippen LogP contribution in [-0.4, -0.2) is 22.5 Å². The van der Waals surface area contributed by atoms with Crippen molar-refractivity contribution in [3.63, 3.8) is 0 Å². The number of hydrogen-bond acceptors (Lipinski definition) is 3. The van der Waals surface area contributed by atoms with Crippen molar-refractivity contribution in [3.05, 3.63) is 12.7 Å². The molecule has 2 amide bonds. The number of urea groups is 1. The van der Waals surface area contributed by atoms with Gasteiger partial charge in [-0.05, 0) is 6.08 Å². The van der Waals surface area contributed by atoms with E-state index in [4.69, 9.17) is 15.0 Å². The molecular formula is C4H10N2O3. The molecule has 0 atom stereocenters. The van der Waals surface area contributed by atoms with E-state index in [1.165, 1.54) is 0 Å². The first-order valence-electron chi connectivity index (χ1n) is 2.04. The third kappa shape index (κ3) is 195. The van der Waals surface area contributed by atoms with Crippen molar-refractivity contribution in [1.82, 2.24) is 0 Å². The number of nitrogens with two attached hydrogens (primary N) is 2. The summed E-state index contributed by atoms with van der Waals surface area (Å²) in [4.78, 5) is 9.00. The monoisotopic (exact) mass is 134 g/mol. The van der Waals surface area contributed by atoms with Crippen LogP contribution in [0.1, 0.15) is 0 Å². The number of hydrogen-bond donors (Lipinski definition) is 4. The van der Waals surface area contributed by atoms with Crippen molar-refractivity contribution < 1.29 is 15.0 Å². The van der Waals surface area contributed by atoms with Crippen LogP contribution in [0.3, 0.4) is 0 Å². The average molecular weight is 134 g/mol. The minimum Gasteiger partial charge on any atom is -0.365 e. The zero-order chi connectivity index (χ0) is 7.86. The molecule has 0 rings (SSSR count). The highest BCUT2D eigenvalue weighted by Gasteiger charge is 1.76. The fourth-order valence-electron chi connectivity index (χ4n) is 0. The minimum atomic E-state index is -1.35. The van der Waals surface area contributed by atoms with Gasteiger partial charge in [-0.3, -0.25) is 0 Å². The fraction of sp³-hybridized carbons (Fsp3) is 0.250. The van der Waals surface area contributed by atoms with Gasteiger partial charge in [-0.1, -0.05) is 6.58 Å². The van der Waals surface area contributed by atoms with Crippen LogP contribution in [0, 0.1) is 0 Å². The second-order valence-corrected chi connectivity index (χ2v) is 1.05. The average Bonchev–Trinajstić information content (AvgIpc) is 1.65. The lowest BCUT2D eigenvalue weighted by Gasteiger charge is -1.84. The fourth-order valence-corrected chi connectivity index (χ4v) is 0. The van der Waals surface area contributed by atoms with Gasteiger partial charge in [-0.15, -0.1) is 0 Å². The molecule has 0 unspecified atom stereocenters. The van der Waals surface area contributed by atoms with Crippen LogP contribution in [0.4, 0.5) is 4.79 Å². The molecule has 0 aromatic rings. The molecule has 0 aliphatic carbocycles. The molecule has 0 radical (unpaired) electrons. The van der Waals surface area contributed by atoms with E-state index in [1.54, 1.807) is 0 Å². The quantitative estimate of drug-likeness (QED) is 0.259. The molecule has 0 bridgehead atoms. The van der Waals surface area contributed by atoms with Gasteiger partial charge < -0.3 is 21.7 Å². The summed E-state index contributed by atoms with van der Waals surface area (Å²) >= 11 is 0. The zero-order valence-corrected chi connectivity index (χ0v) is 4.82. The Kier molecular flexibility index (Phi) is 8.34. The Morgan fingerprint density at radius 1 is 1.56 bits per heavy atom. The topological polar surface area (TPSA) is 110 Å². The van der Waals surface area contributed by atoms with Crippen molar-refractivity contribution in [1.29, 1.82) is 0 Å². The second-order valence-electron chi connectivity index (χ2n) is 1.05. The maximum Gasteiger partial charge on any atom is 0.309 e. The van der Waals surface area contributed by atoms with Gasteiger partial charge in [-0.25, -0.2) is 4.79 Å². The van der Waals surface area contributed by atoms with E-state index in [0.29, 0.717) is 0 Å². The van der Waals surface area contributed by atoms with E-state index in [0.717, 1.165) is 6.08 Å². The van der Waals surface area contributed by atoms with Crippen LogP contribution in [0.25, 0.3) is 0 Å².